The molecule has 0 unspecified atom stereocenters. The van der Waals surface area contributed by atoms with E-state index in [4.69, 9.17) is 19.3 Å². The highest BCUT2D eigenvalue weighted by Crippen LogP contribution is 2.35. The second-order valence-electron chi connectivity index (χ2n) is 7.00. The maximum atomic E-state index is 13.0. The molecule has 0 fully saturated rings. The zero-order chi connectivity index (χ0) is 23.6. The van der Waals surface area contributed by atoms with Crippen molar-refractivity contribution < 1.29 is 28.3 Å². The standard InChI is InChI=1S/C22H23N3O6S/c1-6-30-22(28)15-11(2)17(21(27)25(3)4)32-20(15)24-19(26)13-10-12-8-7-9-14(29-5)16(12)31-18(13)23/h7-10,23H,6H2,1-5H3,(H,24,26). The van der Waals surface area contributed by atoms with Crippen LogP contribution in [0.1, 0.15) is 42.9 Å². The van der Waals surface area contributed by atoms with Gasteiger partial charge in [0.05, 0.1) is 24.2 Å². The number of esters is 1. The van der Waals surface area contributed by atoms with Gasteiger partial charge in [0.15, 0.2) is 11.3 Å². The van der Waals surface area contributed by atoms with Crippen molar-refractivity contribution in [3.8, 4) is 5.75 Å². The van der Waals surface area contributed by atoms with Gasteiger partial charge in [-0.05, 0) is 31.5 Å². The Balaban J connectivity index is 2.06. The van der Waals surface area contributed by atoms with Gasteiger partial charge in [-0.2, -0.15) is 0 Å². The summed E-state index contributed by atoms with van der Waals surface area (Å²) < 4.78 is 15.9. The highest BCUT2D eigenvalue weighted by Gasteiger charge is 2.28. The Morgan fingerprint density at radius 3 is 2.59 bits per heavy atom. The molecule has 0 aliphatic heterocycles. The first-order chi connectivity index (χ1) is 15.2. The van der Waals surface area contributed by atoms with Crippen LogP contribution in [-0.4, -0.2) is 50.5 Å². The van der Waals surface area contributed by atoms with E-state index in [1.54, 1.807) is 46.1 Å². The number of benzene rings is 1. The SMILES string of the molecule is CCOC(=O)c1c(NC(=O)c2cc3cccc(OC)c3oc2=N)sc(C(=O)N(C)C)c1C. The number of carbonyl (C=O) groups excluding carboxylic acids is 3. The van der Waals surface area contributed by atoms with Crippen molar-refractivity contribution in [2.24, 2.45) is 0 Å². The molecule has 2 N–H and O–H groups in total. The first-order valence-corrected chi connectivity index (χ1v) is 10.5. The number of methoxy groups -OCH3 is 1. The van der Waals surface area contributed by atoms with Crippen molar-refractivity contribution in [1.29, 1.82) is 5.41 Å². The Bertz CT molecular complexity index is 1270. The van der Waals surface area contributed by atoms with Crippen LogP contribution in [0.3, 0.4) is 0 Å². The van der Waals surface area contributed by atoms with Gasteiger partial charge in [0.1, 0.15) is 10.6 Å². The Kier molecular flexibility index (Phi) is 6.64. The van der Waals surface area contributed by atoms with Crippen LogP contribution < -0.4 is 15.6 Å². The van der Waals surface area contributed by atoms with Gasteiger partial charge in [-0.1, -0.05) is 12.1 Å². The first-order valence-electron chi connectivity index (χ1n) is 9.68. The lowest BCUT2D eigenvalue weighted by molar-refractivity contribution is 0.0527. The number of amides is 2. The lowest BCUT2D eigenvalue weighted by Gasteiger charge is -2.09. The van der Waals surface area contributed by atoms with Gasteiger partial charge in [-0.25, -0.2) is 4.79 Å². The predicted octanol–water partition coefficient (Wildman–Crippen LogP) is 3.42. The third-order valence-corrected chi connectivity index (χ3v) is 5.87. The number of thiophene rings is 1. The summed E-state index contributed by atoms with van der Waals surface area (Å²) in [7, 11) is 4.68. The molecule has 168 valence electrons. The molecular weight excluding hydrogens is 434 g/mol. The summed E-state index contributed by atoms with van der Waals surface area (Å²) in [5.74, 6) is -1.16. The minimum Gasteiger partial charge on any atom is -0.493 e. The van der Waals surface area contributed by atoms with Crippen molar-refractivity contribution in [3.63, 3.8) is 0 Å². The number of carbonyl (C=O) groups is 3. The van der Waals surface area contributed by atoms with Gasteiger partial charge in [0.25, 0.3) is 11.8 Å². The minimum atomic E-state index is -0.654. The predicted molar refractivity (Wildman–Crippen MR) is 120 cm³/mol. The van der Waals surface area contributed by atoms with E-state index in [-0.39, 0.29) is 34.2 Å². The molecule has 0 aliphatic carbocycles. The molecule has 2 aromatic heterocycles. The maximum absolute atomic E-state index is 13.0. The van der Waals surface area contributed by atoms with E-state index in [1.807, 2.05) is 0 Å². The summed E-state index contributed by atoms with van der Waals surface area (Å²) in [6.45, 7) is 3.43. The highest BCUT2D eigenvalue weighted by atomic mass is 32.1. The number of para-hydroxylation sites is 1. The van der Waals surface area contributed by atoms with Crippen LogP contribution in [0.2, 0.25) is 0 Å². The summed E-state index contributed by atoms with van der Waals surface area (Å²) in [5, 5.41) is 11.6. The number of hydrogen-bond donors (Lipinski definition) is 2. The largest absolute Gasteiger partial charge is 0.493 e. The van der Waals surface area contributed by atoms with Crippen molar-refractivity contribution >= 4 is 45.1 Å². The van der Waals surface area contributed by atoms with E-state index in [0.29, 0.717) is 27.2 Å². The van der Waals surface area contributed by atoms with Crippen LogP contribution in [-0.2, 0) is 4.74 Å². The monoisotopic (exact) mass is 457 g/mol. The Labute approximate surface area is 188 Å². The number of nitrogens with zero attached hydrogens (tertiary/aromatic N) is 1. The molecule has 1 aromatic carbocycles. The average molecular weight is 458 g/mol. The van der Waals surface area contributed by atoms with E-state index < -0.39 is 11.9 Å². The fourth-order valence-electron chi connectivity index (χ4n) is 3.09. The molecule has 3 aromatic rings. The second kappa shape index (κ2) is 9.23. The third-order valence-electron chi connectivity index (χ3n) is 4.68. The van der Waals surface area contributed by atoms with Crippen LogP contribution in [0.25, 0.3) is 11.0 Å². The fraction of sp³-hybridized carbons (Fsp3) is 0.273. The van der Waals surface area contributed by atoms with E-state index in [2.05, 4.69) is 5.32 Å². The van der Waals surface area contributed by atoms with Crippen LogP contribution >= 0.6 is 11.3 Å². The summed E-state index contributed by atoms with van der Waals surface area (Å²) in [4.78, 5) is 39.8. The number of fused-ring (bicyclic) bond motifs is 1. The fourth-order valence-corrected chi connectivity index (χ4v) is 4.30. The van der Waals surface area contributed by atoms with Gasteiger partial charge < -0.3 is 24.1 Å². The van der Waals surface area contributed by atoms with Gasteiger partial charge in [-0.3, -0.25) is 15.0 Å². The average Bonchev–Trinajstić information content (AvgIpc) is 3.07. The number of nitrogens with one attached hydrogen (secondary N) is 2. The van der Waals surface area contributed by atoms with Crippen molar-refractivity contribution in [2.75, 3.05) is 33.1 Å². The molecular formula is C22H23N3O6S. The van der Waals surface area contributed by atoms with Gasteiger partial charge >= 0.3 is 5.97 Å². The third kappa shape index (κ3) is 4.22. The molecule has 0 atom stereocenters. The van der Waals surface area contributed by atoms with Crippen LogP contribution in [0.5, 0.6) is 5.75 Å². The topological polar surface area (TPSA) is 122 Å². The molecule has 0 saturated heterocycles. The highest BCUT2D eigenvalue weighted by molar-refractivity contribution is 7.18. The Morgan fingerprint density at radius 2 is 1.97 bits per heavy atom. The minimum absolute atomic E-state index is 0.0351. The van der Waals surface area contributed by atoms with Gasteiger partial charge in [0.2, 0.25) is 5.55 Å². The summed E-state index contributed by atoms with van der Waals surface area (Å²) in [6.07, 6.45) is 0. The van der Waals surface area contributed by atoms with E-state index in [9.17, 15) is 14.4 Å². The zero-order valence-corrected chi connectivity index (χ0v) is 19.1. The molecule has 2 heterocycles. The second-order valence-corrected chi connectivity index (χ2v) is 8.02. The summed E-state index contributed by atoms with van der Waals surface area (Å²) >= 11 is 0.979. The molecule has 0 spiro atoms. The van der Waals surface area contributed by atoms with Crippen molar-refractivity contribution in [3.05, 3.63) is 51.4 Å². The molecule has 0 aliphatic rings. The number of rotatable bonds is 6. The Hall–Kier alpha value is -3.66. The lowest BCUT2D eigenvalue weighted by Crippen LogP contribution is -2.21. The number of hydrogen-bond acceptors (Lipinski definition) is 8. The Morgan fingerprint density at radius 1 is 1.25 bits per heavy atom. The normalized spacial score (nSPS) is 10.7. The van der Waals surface area contributed by atoms with Gasteiger partial charge in [0, 0.05) is 19.5 Å². The first kappa shape index (κ1) is 23.0. The quantitative estimate of drug-likeness (QED) is 0.547. The molecule has 2 amide bonds. The van der Waals surface area contributed by atoms with E-state index in [1.165, 1.54) is 18.1 Å². The lowest BCUT2D eigenvalue weighted by atomic mass is 10.1. The number of anilines is 1. The molecule has 3 rings (SSSR count). The molecule has 10 heteroatoms. The number of ether oxygens (including phenoxy) is 2. The molecule has 0 bridgehead atoms. The van der Waals surface area contributed by atoms with Crippen molar-refractivity contribution in [2.45, 2.75) is 13.8 Å². The van der Waals surface area contributed by atoms with Gasteiger partial charge in [-0.15, -0.1) is 11.3 Å². The van der Waals surface area contributed by atoms with E-state index >= 15 is 0 Å². The molecule has 0 saturated carbocycles. The zero-order valence-electron chi connectivity index (χ0n) is 18.3. The van der Waals surface area contributed by atoms with Crippen LogP contribution in [0.4, 0.5) is 5.00 Å². The van der Waals surface area contributed by atoms with Crippen molar-refractivity contribution in [1.82, 2.24) is 4.90 Å². The molecule has 0 radical (unpaired) electrons. The van der Waals surface area contributed by atoms with Crippen LogP contribution in [0, 0.1) is 12.3 Å². The summed E-state index contributed by atoms with van der Waals surface area (Å²) in [6, 6.07) is 6.66. The van der Waals surface area contributed by atoms with E-state index in [0.717, 1.165) is 11.3 Å². The van der Waals surface area contributed by atoms with Crippen LogP contribution in [0.15, 0.2) is 28.7 Å². The summed E-state index contributed by atoms with van der Waals surface area (Å²) in [5.41, 5.74) is 0.472. The molecule has 9 nitrogen and oxygen atoms in total. The molecule has 32 heavy (non-hydrogen) atoms. The maximum Gasteiger partial charge on any atom is 0.341 e. The smallest absolute Gasteiger partial charge is 0.341 e.